The highest BCUT2D eigenvalue weighted by molar-refractivity contribution is 5.36. The third-order valence-corrected chi connectivity index (χ3v) is 4.12. The predicted octanol–water partition coefficient (Wildman–Crippen LogP) is 3.68. The lowest BCUT2D eigenvalue weighted by Gasteiger charge is -2.24. The van der Waals surface area contributed by atoms with Gasteiger partial charge in [-0.05, 0) is 49.3 Å². The van der Waals surface area contributed by atoms with Crippen molar-refractivity contribution >= 4 is 0 Å². The van der Waals surface area contributed by atoms with E-state index in [1.165, 1.54) is 48.8 Å². The minimum atomic E-state index is 0.364. The molecule has 2 unspecified atom stereocenters. The Labute approximate surface area is 99.0 Å². The second-order valence-electron chi connectivity index (χ2n) is 5.20. The zero-order valence-electron chi connectivity index (χ0n) is 10.5. The molecule has 88 valence electrons. The Morgan fingerprint density at radius 2 is 1.81 bits per heavy atom. The van der Waals surface area contributed by atoms with E-state index in [0.717, 1.165) is 0 Å². The normalized spacial score (nSPS) is 26.4. The highest BCUT2D eigenvalue weighted by atomic mass is 14.7. The fourth-order valence-electron chi connectivity index (χ4n) is 2.90. The number of hydrogen-bond donors (Lipinski definition) is 1. The summed E-state index contributed by atoms with van der Waals surface area (Å²) in [4.78, 5) is 0. The van der Waals surface area contributed by atoms with Gasteiger partial charge in [-0.3, -0.25) is 0 Å². The second-order valence-corrected chi connectivity index (χ2v) is 5.20. The lowest BCUT2D eigenvalue weighted by molar-refractivity contribution is 0.503. The molecule has 1 nitrogen and oxygen atoms in total. The van der Waals surface area contributed by atoms with Crippen LogP contribution in [0.2, 0.25) is 0 Å². The number of hydrogen-bond acceptors (Lipinski definition) is 1. The lowest BCUT2D eigenvalue weighted by atomic mass is 9.84. The molecule has 16 heavy (non-hydrogen) atoms. The monoisotopic (exact) mass is 217 g/mol. The van der Waals surface area contributed by atoms with Crippen molar-refractivity contribution in [1.29, 1.82) is 0 Å². The molecule has 2 atom stereocenters. The van der Waals surface area contributed by atoms with E-state index in [2.05, 4.69) is 32.0 Å². The molecule has 0 aliphatic heterocycles. The van der Waals surface area contributed by atoms with Crippen LogP contribution in [0.4, 0.5) is 0 Å². The van der Waals surface area contributed by atoms with E-state index in [1.54, 1.807) is 0 Å². The van der Waals surface area contributed by atoms with Gasteiger partial charge in [-0.2, -0.15) is 0 Å². The molecule has 1 aliphatic rings. The first-order valence-electron chi connectivity index (χ1n) is 6.52. The van der Waals surface area contributed by atoms with Crippen LogP contribution >= 0.6 is 0 Å². The minimum absolute atomic E-state index is 0.364. The van der Waals surface area contributed by atoms with Gasteiger partial charge in [0, 0.05) is 6.04 Å². The van der Waals surface area contributed by atoms with Crippen LogP contribution in [0.3, 0.4) is 0 Å². The molecule has 0 aromatic heterocycles. The Balaban J connectivity index is 2.30. The molecule has 1 heteroatoms. The van der Waals surface area contributed by atoms with Crippen molar-refractivity contribution in [2.45, 2.75) is 57.9 Å². The summed E-state index contributed by atoms with van der Waals surface area (Å²) in [6.07, 6.45) is 6.47. The molecule has 0 bridgehead atoms. The van der Waals surface area contributed by atoms with Crippen LogP contribution in [-0.4, -0.2) is 6.04 Å². The van der Waals surface area contributed by atoms with E-state index in [0.29, 0.717) is 12.0 Å². The van der Waals surface area contributed by atoms with Crippen LogP contribution in [0.25, 0.3) is 0 Å². The number of rotatable bonds is 1. The summed E-state index contributed by atoms with van der Waals surface area (Å²) in [5.74, 6) is 0.586. The van der Waals surface area contributed by atoms with Crippen molar-refractivity contribution in [2.75, 3.05) is 0 Å². The van der Waals surface area contributed by atoms with Crippen LogP contribution < -0.4 is 5.73 Å². The zero-order chi connectivity index (χ0) is 11.5. The van der Waals surface area contributed by atoms with E-state index in [9.17, 15) is 0 Å². The number of aryl methyl sites for hydroxylation is 1. The summed E-state index contributed by atoms with van der Waals surface area (Å²) in [6, 6.07) is 7.01. The molecule has 0 radical (unpaired) electrons. The topological polar surface area (TPSA) is 26.0 Å². The Hall–Kier alpha value is -0.820. The van der Waals surface area contributed by atoms with E-state index in [-0.39, 0.29) is 0 Å². The maximum Gasteiger partial charge on any atom is 0.0108 e. The summed E-state index contributed by atoms with van der Waals surface area (Å²) >= 11 is 0. The Bertz CT molecular complexity index is 356. The molecule has 2 N–H and O–H groups in total. The third kappa shape index (κ3) is 2.30. The Kier molecular flexibility index (Phi) is 3.65. The SMILES string of the molecule is Cc1cccc(C2CCCCCC2N)c1C. The summed E-state index contributed by atoms with van der Waals surface area (Å²) in [5, 5.41) is 0. The fraction of sp³-hybridized carbons (Fsp3) is 0.600. The van der Waals surface area contributed by atoms with Crippen LogP contribution in [0.15, 0.2) is 18.2 Å². The minimum Gasteiger partial charge on any atom is -0.327 e. The van der Waals surface area contributed by atoms with Crippen LogP contribution in [0.1, 0.15) is 54.7 Å². The molecular formula is C15H23N. The highest BCUT2D eigenvalue weighted by Crippen LogP contribution is 2.33. The van der Waals surface area contributed by atoms with E-state index < -0.39 is 0 Å². The van der Waals surface area contributed by atoms with Crippen LogP contribution in [-0.2, 0) is 0 Å². The molecule has 0 amide bonds. The molecule has 0 saturated heterocycles. The standard InChI is InChI=1S/C15H23N/c1-11-7-6-9-13(12(11)2)14-8-4-3-5-10-15(14)16/h6-7,9,14-15H,3-5,8,10,16H2,1-2H3. The summed E-state index contributed by atoms with van der Waals surface area (Å²) in [5.41, 5.74) is 10.7. The third-order valence-electron chi connectivity index (χ3n) is 4.12. The molecule has 1 aromatic rings. The van der Waals surface area contributed by atoms with Gasteiger partial charge in [-0.25, -0.2) is 0 Å². The van der Waals surface area contributed by atoms with Crippen molar-refractivity contribution < 1.29 is 0 Å². The molecule has 1 aliphatic carbocycles. The fourth-order valence-corrected chi connectivity index (χ4v) is 2.90. The van der Waals surface area contributed by atoms with Crippen LogP contribution in [0, 0.1) is 13.8 Å². The van der Waals surface area contributed by atoms with Crippen molar-refractivity contribution in [3.05, 3.63) is 34.9 Å². The van der Waals surface area contributed by atoms with Crippen molar-refractivity contribution in [1.82, 2.24) is 0 Å². The van der Waals surface area contributed by atoms with Gasteiger partial charge in [0.15, 0.2) is 0 Å². The quantitative estimate of drug-likeness (QED) is 0.713. The zero-order valence-corrected chi connectivity index (χ0v) is 10.5. The van der Waals surface area contributed by atoms with E-state index in [1.807, 2.05) is 0 Å². The maximum absolute atomic E-state index is 6.33. The number of benzene rings is 1. The Morgan fingerprint density at radius 3 is 2.62 bits per heavy atom. The average molecular weight is 217 g/mol. The summed E-state index contributed by atoms with van der Waals surface area (Å²) in [7, 11) is 0. The van der Waals surface area contributed by atoms with Gasteiger partial charge in [0.2, 0.25) is 0 Å². The van der Waals surface area contributed by atoms with Gasteiger partial charge in [0.05, 0.1) is 0 Å². The van der Waals surface area contributed by atoms with Gasteiger partial charge in [-0.1, -0.05) is 37.5 Å². The molecule has 1 aromatic carbocycles. The average Bonchev–Trinajstić information content (AvgIpc) is 2.47. The molecular weight excluding hydrogens is 194 g/mol. The largest absolute Gasteiger partial charge is 0.327 e. The van der Waals surface area contributed by atoms with E-state index >= 15 is 0 Å². The van der Waals surface area contributed by atoms with Gasteiger partial charge in [-0.15, -0.1) is 0 Å². The summed E-state index contributed by atoms with van der Waals surface area (Å²) < 4.78 is 0. The lowest BCUT2D eigenvalue weighted by Crippen LogP contribution is -2.27. The Morgan fingerprint density at radius 1 is 1.06 bits per heavy atom. The van der Waals surface area contributed by atoms with Gasteiger partial charge < -0.3 is 5.73 Å². The highest BCUT2D eigenvalue weighted by Gasteiger charge is 2.23. The van der Waals surface area contributed by atoms with Crippen molar-refractivity contribution in [3.63, 3.8) is 0 Å². The maximum atomic E-state index is 6.33. The molecule has 0 heterocycles. The first kappa shape index (κ1) is 11.7. The van der Waals surface area contributed by atoms with Gasteiger partial charge in [0.25, 0.3) is 0 Å². The van der Waals surface area contributed by atoms with Gasteiger partial charge in [0.1, 0.15) is 0 Å². The van der Waals surface area contributed by atoms with E-state index in [4.69, 9.17) is 5.73 Å². The first-order valence-corrected chi connectivity index (χ1v) is 6.52. The molecule has 2 rings (SSSR count). The predicted molar refractivity (Wildman–Crippen MR) is 69.7 cm³/mol. The van der Waals surface area contributed by atoms with Gasteiger partial charge >= 0.3 is 0 Å². The molecule has 0 spiro atoms. The van der Waals surface area contributed by atoms with Crippen LogP contribution in [0.5, 0.6) is 0 Å². The first-order chi connectivity index (χ1) is 7.70. The smallest absolute Gasteiger partial charge is 0.0108 e. The second kappa shape index (κ2) is 5.01. The van der Waals surface area contributed by atoms with Crippen molar-refractivity contribution in [3.8, 4) is 0 Å². The molecule has 1 saturated carbocycles. The summed E-state index contributed by atoms with van der Waals surface area (Å²) in [6.45, 7) is 4.43. The number of nitrogens with two attached hydrogens (primary N) is 1. The molecule has 1 fully saturated rings. The van der Waals surface area contributed by atoms with Crippen molar-refractivity contribution in [2.24, 2.45) is 5.73 Å².